The van der Waals surface area contributed by atoms with Gasteiger partial charge < -0.3 is 9.53 Å². The minimum atomic E-state index is -1.82. The molecule has 0 bridgehead atoms. The Bertz CT molecular complexity index is 473. The SMILES string of the molecule is CC(=O)/C=C/[C@@]1(O)[C@H](C)C[C@H](O[Si](C)(C)C(C)(C)C)CC1(C)C. The smallest absolute Gasteiger partial charge is 0.192 e. The van der Waals surface area contributed by atoms with Crippen LogP contribution in [0.4, 0.5) is 0 Å². The van der Waals surface area contributed by atoms with Crippen molar-refractivity contribution in [3.63, 3.8) is 0 Å². The zero-order valence-electron chi connectivity index (χ0n) is 16.5. The lowest BCUT2D eigenvalue weighted by molar-refractivity contribution is -0.125. The van der Waals surface area contributed by atoms with Crippen molar-refractivity contribution in [2.75, 3.05) is 0 Å². The monoisotopic (exact) mass is 340 g/mol. The largest absolute Gasteiger partial charge is 0.414 e. The highest BCUT2D eigenvalue weighted by atomic mass is 28.4. The minimum absolute atomic E-state index is 0.0268. The number of rotatable bonds is 4. The average Bonchev–Trinajstić information content (AvgIpc) is 2.31. The maximum Gasteiger partial charge on any atom is 0.192 e. The summed E-state index contributed by atoms with van der Waals surface area (Å²) in [5.41, 5.74) is -1.30. The predicted molar refractivity (Wildman–Crippen MR) is 99.0 cm³/mol. The second-order valence-corrected chi connectivity index (χ2v) is 14.3. The van der Waals surface area contributed by atoms with E-state index in [1.54, 1.807) is 6.08 Å². The van der Waals surface area contributed by atoms with E-state index in [1.165, 1.54) is 13.0 Å². The van der Waals surface area contributed by atoms with Crippen LogP contribution in [0.5, 0.6) is 0 Å². The average molecular weight is 341 g/mol. The van der Waals surface area contributed by atoms with Gasteiger partial charge in [-0.3, -0.25) is 4.79 Å². The second kappa shape index (κ2) is 6.45. The number of hydrogen-bond donors (Lipinski definition) is 1. The van der Waals surface area contributed by atoms with E-state index in [0.717, 1.165) is 12.8 Å². The summed E-state index contributed by atoms with van der Waals surface area (Å²) in [6.45, 7) is 19.1. The molecule has 0 aliphatic heterocycles. The molecule has 23 heavy (non-hydrogen) atoms. The molecule has 0 unspecified atom stereocenters. The summed E-state index contributed by atoms with van der Waals surface area (Å²) in [5.74, 6) is 0.0256. The molecule has 1 fully saturated rings. The van der Waals surface area contributed by atoms with E-state index in [4.69, 9.17) is 4.43 Å². The first-order chi connectivity index (χ1) is 10.1. The molecule has 1 saturated carbocycles. The van der Waals surface area contributed by atoms with E-state index in [2.05, 4.69) is 54.6 Å². The highest BCUT2D eigenvalue weighted by Crippen LogP contribution is 2.50. The zero-order chi connectivity index (χ0) is 18.3. The topological polar surface area (TPSA) is 46.5 Å². The van der Waals surface area contributed by atoms with Gasteiger partial charge in [-0.25, -0.2) is 0 Å². The Labute approximate surface area is 143 Å². The highest BCUT2D eigenvalue weighted by Gasteiger charge is 2.52. The van der Waals surface area contributed by atoms with Gasteiger partial charge >= 0.3 is 0 Å². The van der Waals surface area contributed by atoms with Crippen molar-refractivity contribution in [2.45, 2.75) is 91.1 Å². The van der Waals surface area contributed by atoms with Crippen LogP contribution in [-0.2, 0) is 9.22 Å². The zero-order valence-corrected chi connectivity index (χ0v) is 17.5. The van der Waals surface area contributed by atoms with Gasteiger partial charge in [-0.05, 0) is 61.4 Å². The van der Waals surface area contributed by atoms with Crippen LogP contribution in [-0.4, -0.2) is 30.9 Å². The van der Waals surface area contributed by atoms with Crippen LogP contribution in [0.15, 0.2) is 12.2 Å². The molecule has 0 aromatic carbocycles. The number of hydrogen-bond acceptors (Lipinski definition) is 3. The summed E-state index contributed by atoms with van der Waals surface area (Å²) in [5, 5.41) is 11.4. The molecular weight excluding hydrogens is 304 g/mol. The van der Waals surface area contributed by atoms with E-state index < -0.39 is 13.9 Å². The Morgan fingerprint density at radius 2 is 1.83 bits per heavy atom. The summed E-state index contributed by atoms with van der Waals surface area (Å²) in [4.78, 5) is 11.3. The fraction of sp³-hybridized carbons (Fsp3) is 0.842. The molecule has 1 aliphatic carbocycles. The van der Waals surface area contributed by atoms with Crippen LogP contribution in [0.25, 0.3) is 0 Å². The van der Waals surface area contributed by atoms with Crippen molar-refractivity contribution in [1.82, 2.24) is 0 Å². The van der Waals surface area contributed by atoms with Gasteiger partial charge in [0.2, 0.25) is 0 Å². The first-order valence-electron chi connectivity index (χ1n) is 8.72. The van der Waals surface area contributed by atoms with Gasteiger partial charge in [-0.1, -0.05) is 41.5 Å². The third-order valence-corrected chi connectivity index (χ3v) is 10.6. The summed E-state index contributed by atoms with van der Waals surface area (Å²) in [6.07, 6.45) is 5.03. The van der Waals surface area contributed by atoms with Gasteiger partial charge in [0, 0.05) is 6.10 Å². The predicted octanol–water partition coefficient (Wildman–Crippen LogP) is 4.71. The summed E-state index contributed by atoms with van der Waals surface area (Å²) >= 11 is 0. The Kier molecular flexibility index (Phi) is 5.78. The normalized spacial score (nSPS) is 32.3. The van der Waals surface area contributed by atoms with Gasteiger partial charge in [0.15, 0.2) is 14.1 Å². The number of allylic oxidation sites excluding steroid dienone is 1. The van der Waals surface area contributed by atoms with E-state index in [0.29, 0.717) is 0 Å². The van der Waals surface area contributed by atoms with Crippen molar-refractivity contribution in [1.29, 1.82) is 0 Å². The van der Waals surface area contributed by atoms with Crippen LogP contribution in [0.2, 0.25) is 18.1 Å². The van der Waals surface area contributed by atoms with Crippen LogP contribution in [0.3, 0.4) is 0 Å². The van der Waals surface area contributed by atoms with Gasteiger partial charge in [0.05, 0.1) is 5.60 Å². The van der Waals surface area contributed by atoms with E-state index >= 15 is 0 Å². The third kappa shape index (κ3) is 4.34. The number of ketones is 1. The quantitative estimate of drug-likeness (QED) is 0.595. The van der Waals surface area contributed by atoms with Crippen molar-refractivity contribution < 1.29 is 14.3 Å². The van der Waals surface area contributed by atoms with Crippen molar-refractivity contribution in [2.24, 2.45) is 11.3 Å². The molecule has 1 N–H and O–H groups in total. The molecule has 3 atom stereocenters. The lowest BCUT2D eigenvalue weighted by atomic mass is 9.60. The summed E-state index contributed by atoms with van der Waals surface area (Å²) in [7, 11) is -1.82. The van der Waals surface area contributed by atoms with Crippen LogP contribution >= 0.6 is 0 Å². The molecule has 0 heterocycles. The molecule has 1 rings (SSSR count). The number of carbonyl (C=O) groups excluding carboxylic acids is 1. The fourth-order valence-electron chi connectivity index (χ4n) is 3.37. The molecule has 0 aromatic rings. The molecule has 134 valence electrons. The lowest BCUT2D eigenvalue weighted by Gasteiger charge is -2.53. The van der Waals surface area contributed by atoms with Crippen molar-refractivity contribution in [3.8, 4) is 0 Å². The molecule has 1 aliphatic rings. The highest BCUT2D eigenvalue weighted by molar-refractivity contribution is 6.74. The fourth-order valence-corrected chi connectivity index (χ4v) is 4.74. The van der Waals surface area contributed by atoms with Crippen molar-refractivity contribution in [3.05, 3.63) is 12.2 Å². The second-order valence-electron chi connectivity index (χ2n) is 9.49. The van der Waals surface area contributed by atoms with Crippen molar-refractivity contribution >= 4 is 14.1 Å². The molecule has 4 heteroatoms. The third-order valence-electron chi connectivity index (χ3n) is 6.03. The Hall–Kier alpha value is -0.453. The standard InChI is InChI=1S/C19H36O3Si/c1-14-12-16(22-23(8,9)17(3,4)5)13-18(6,7)19(14,21)11-10-15(2)20/h10-11,14,16,21H,12-13H2,1-9H3/b11-10+/t14-,16+,19-/m1/s1. The molecule has 0 spiro atoms. The van der Waals surface area contributed by atoms with E-state index in [-0.39, 0.29) is 28.3 Å². The molecule has 0 radical (unpaired) electrons. The molecule has 3 nitrogen and oxygen atoms in total. The minimum Gasteiger partial charge on any atom is -0.414 e. The van der Waals surface area contributed by atoms with Crippen LogP contribution in [0, 0.1) is 11.3 Å². The van der Waals surface area contributed by atoms with Gasteiger partial charge in [0.25, 0.3) is 0 Å². The molecule has 0 aromatic heterocycles. The van der Waals surface area contributed by atoms with Gasteiger partial charge in [0.1, 0.15) is 0 Å². The van der Waals surface area contributed by atoms with Gasteiger partial charge in [-0.2, -0.15) is 0 Å². The summed E-state index contributed by atoms with van der Waals surface area (Å²) < 4.78 is 6.60. The number of carbonyl (C=O) groups is 1. The summed E-state index contributed by atoms with van der Waals surface area (Å²) in [6, 6.07) is 0. The molecular formula is C19H36O3Si. The Morgan fingerprint density at radius 1 is 1.30 bits per heavy atom. The number of aliphatic hydroxyl groups is 1. The maximum absolute atomic E-state index is 11.3. The Balaban J connectivity index is 3.00. The van der Waals surface area contributed by atoms with Crippen LogP contribution < -0.4 is 0 Å². The lowest BCUT2D eigenvalue weighted by Crippen LogP contribution is -2.57. The maximum atomic E-state index is 11.3. The van der Waals surface area contributed by atoms with E-state index in [1.807, 2.05) is 0 Å². The first-order valence-corrected chi connectivity index (χ1v) is 11.6. The van der Waals surface area contributed by atoms with Crippen LogP contribution in [0.1, 0.15) is 61.3 Å². The molecule has 0 amide bonds. The van der Waals surface area contributed by atoms with Gasteiger partial charge in [-0.15, -0.1) is 0 Å². The van der Waals surface area contributed by atoms with E-state index in [9.17, 15) is 9.90 Å². The molecule has 0 saturated heterocycles. The first kappa shape index (κ1) is 20.6. The Morgan fingerprint density at radius 3 is 2.22 bits per heavy atom.